The molecular weight excluding hydrogens is 234 g/mol. The molecular formula is C10H14F6. The van der Waals surface area contributed by atoms with Crippen LogP contribution in [-0.4, -0.2) is 12.4 Å². The van der Waals surface area contributed by atoms with E-state index in [9.17, 15) is 26.3 Å². The fraction of sp³-hybridized carbons (Fsp3) is 1.00. The van der Waals surface area contributed by atoms with Gasteiger partial charge in [-0.2, -0.15) is 26.3 Å². The molecule has 1 saturated carbocycles. The van der Waals surface area contributed by atoms with Crippen LogP contribution in [0.1, 0.15) is 27.2 Å². The van der Waals surface area contributed by atoms with Gasteiger partial charge in [0, 0.05) is 0 Å². The second-order valence-electron chi connectivity index (χ2n) is 4.53. The lowest BCUT2D eigenvalue weighted by Gasteiger charge is -2.60. The van der Waals surface area contributed by atoms with Gasteiger partial charge in [0.1, 0.15) is 0 Å². The smallest absolute Gasteiger partial charge is 0.170 e. The van der Waals surface area contributed by atoms with Crippen molar-refractivity contribution in [3.63, 3.8) is 0 Å². The number of alkyl halides is 6. The van der Waals surface area contributed by atoms with E-state index in [2.05, 4.69) is 0 Å². The molecule has 1 unspecified atom stereocenters. The van der Waals surface area contributed by atoms with Crippen LogP contribution in [0.3, 0.4) is 0 Å². The average Bonchev–Trinajstić information content (AvgIpc) is 2.07. The summed E-state index contributed by atoms with van der Waals surface area (Å²) < 4.78 is 76.8. The van der Waals surface area contributed by atoms with Gasteiger partial charge in [0.25, 0.3) is 0 Å². The molecule has 0 aliphatic heterocycles. The summed E-state index contributed by atoms with van der Waals surface area (Å²) in [5, 5.41) is 0. The second-order valence-corrected chi connectivity index (χ2v) is 4.53. The van der Waals surface area contributed by atoms with E-state index in [1.54, 1.807) is 0 Å². The third-order valence-corrected chi connectivity index (χ3v) is 4.10. The molecule has 0 nitrogen and oxygen atoms in total. The fourth-order valence-electron chi connectivity index (χ4n) is 3.19. The Bertz CT molecular complexity index is 249. The van der Waals surface area contributed by atoms with Gasteiger partial charge in [-0.25, -0.2) is 0 Å². The quantitative estimate of drug-likeness (QED) is 0.603. The summed E-state index contributed by atoms with van der Waals surface area (Å²) in [6, 6.07) is 0. The maximum atomic E-state index is 12.8. The minimum absolute atomic E-state index is 0.107. The normalized spacial score (nSPS) is 34.7. The molecule has 16 heavy (non-hydrogen) atoms. The molecule has 3 atom stereocenters. The van der Waals surface area contributed by atoms with Gasteiger partial charge in [0.2, 0.25) is 0 Å². The van der Waals surface area contributed by atoms with Gasteiger partial charge in [-0.1, -0.05) is 27.2 Å². The van der Waals surface area contributed by atoms with Crippen LogP contribution in [0.5, 0.6) is 0 Å². The lowest BCUT2D eigenvalue weighted by atomic mass is 9.46. The van der Waals surface area contributed by atoms with E-state index in [0.29, 0.717) is 0 Å². The molecule has 0 aromatic heterocycles. The Morgan fingerprint density at radius 1 is 0.938 bits per heavy atom. The van der Waals surface area contributed by atoms with E-state index >= 15 is 0 Å². The number of rotatable bonds is 1. The number of halogens is 6. The standard InChI is InChI=1S/C10H14F6/c1-4-7-5(2)6(3)8(7,9(11,12)13)10(14,15)16/h5-7H,4H2,1-3H3/t5?,6-,7+/m0/s1. The monoisotopic (exact) mass is 248 g/mol. The summed E-state index contributed by atoms with van der Waals surface area (Å²) in [4.78, 5) is 0. The van der Waals surface area contributed by atoms with Gasteiger partial charge >= 0.3 is 12.4 Å². The lowest BCUT2D eigenvalue weighted by molar-refractivity contribution is -0.420. The summed E-state index contributed by atoms with van der Waals surface area (Å²) in [5.41, 5.74) is -3.51. The summed E-state index contributed by atoms with van der Waals surface area (Å²) in [6.07, 6.45) is -10.6. The zero-order valence-electron chi connectivity index (χ0n) is 9.21. The second kappa shape index (κ2) is 3.53. The first-order valence-corrected chi connectivity index (χ1v) is 5.15. The Hall–Kier alpha value is -0.420. The molecule has 0 amide bonds. The summed E-state index contributed by atoms with van der Waals surface area (Å²) in [6.45, 7) is 3.87. The molecule has 0 bridgehead atoms. The van der Waals surface area contributed by atoms with Crippen LogP contribution in [0.25, 0.3) is 0 Å². The Morgan fingerprint density at radius 2 is 1.31 bits per heavy atom. The van der Waals surface area contributed by atoms with Crippen molar-refractivity contribution in [2.24, 2.45) is 23.2 Å². The van der Waals surface area contributed by atoms with E-state index < -0.39 is 35.5 Å². The molecule has 0 spiro atoms. The Morgan fingerprint density at radius 3 is 1.50 bits per heavy atom. The van der Waals surface area contributed by atoms with E-state index in [1.807, 2.05) is 0 Å². The Kier molecular flexibility index (Phi) is 3.01. The maximum absolute atomic E-state index is 12.8. The Labute approximate surface area is 90.0 Å². The van der Waals surface area contributed by atoms with Crippen LogP contribution >= 0.6 is 0 Å². The zero-order chi connectivity index (χ0) is 12.9. The van der Waals surface area contributed by atoms with Crippen molar-refractivity contribution in [3.8, 4) is 0 Å². The predicted molar refractivity (Wildman–Crippen MR) is 46.7 cm³/mol. The van der Waals surface area contributed by atoms with E-state index in [-0.39, 0.29) is 6.42 Å². The van der Waals surface area contributed by atoms with Crippen LogP contribution < -0.4 is 0 Å². The van der Waals surface area contributed by atoms with Crippen molar-refractivity contribution in [1.29, 1.82) is 0 Å². The number of hydrogen-bond donors (Lipinski definition) is 0. The van der Waals surface area contributed by atoms with Crippen molar-refractivity contribution in [3.05, 3.63) is 0 Å². The van der Waals surface area contributed by atoms with Crippen molar-refractivity contribution in [1.82, 2.24) is 0 Å². The number of hydrogen-bond acceptors (Lipinski definition) is 0. The van der Waals surface area contributed by atoms with Crippen molar-refractivity contribution in [2.45, 2.75) is 39.5 Å². The van der Waals surface area contributed by atoms with E-state index in [0.717, 1.165) is 6.92 Å². The molecule has 1 fully saturated rings. The van der Waals surface area contributed by atoms with Crippen LogP contribution in [0.2, 0.25) is 0 Å². The minimum atomic E-state index is -5.22. The topological polar surface area (TPSA) is 0 Å². The SMILES string of the molecule is CC[C@@H]1C(C)[C@H](C)C1(C(F)(F)F)C(F)(F)F. The predicted octanol–water partition coefficient (Wildman–Crippen LogP) is 4.41. The molecule has 0 aromatic rings. The van der Waals surface area contributed by atoms with Gasteiger partial charge in [-0.15, -0.1) is 0 Å². The first kappa shape index (κ1) is 13.6. The molecule has 1 aliphatic rings. The fourth-order valence-corrected chi connectivity index (χ4v) is 3.19. The zero-order valence-corrected chi connectivity index (χ0v) is 9.21. The largest absolute Gasteiger partial charge is 0.403 e. The van der Waals surface area contributed by atoms with Crippen molar-refractivity contribution >= 4 is 0 Å². The Balaban J connectivity index is 3.27. The average molecular weight is 248 g/mol. The summed E-state index contributed by atoms with van der Waals surface area (Å²) in [5.74, 6) is -3.31. The third-order valence-electron chi connectivity index (χ3n) is 4.10. The maximum Gasteiger partial charge on any atom is 0.403 e. The molecule has 1 rings (SSSR count). The van der Waals surface area contributed by atoms with Gasteiger partial charge in [0.05, 0.1) is 0 Å². The summed E-state index contributed by atoms with van der Waals surface area (Å²) in [7, 11) is 0. The minimum Gasteiger partial charge on any atom is -0.170 e. The molecule has 1 aliphatic carbocycles. The molecule has 0 radical (unpaired) electrons. The highest BCUT2D eigenvalue weighted by atomic mass is 19.4. The van der Waals surface area contributed by atoms with Crippen molar-refractivity contribution < 1.29 is 26.3 Å². The highest BCUT2D eigenvalue weighted by Gasteiger charge is 2.82. The van der Waals surface area contributed by atoms with Crippen LogP contribution in [-0.2, 0) is 0 Å². The van der Waals surface area contributed by atoms with Crippen LogP contribution in [0, 0.1) is 23.2 Å². The lowest BCUT2D eigenvalue weighted by Crippen LogP contribution is -2.69. The van der Waals surface area contributed by atoms with Crippen LogP contribution in [0.4, 0.5) is 26.3 Å². The van der Waals surface area contributed by atoms with Gasteiger partial charge < -0.3 is 0 Å². The highest BCUT2D eigenvalue weighted by molar-refractivity contribution is 5.11. The first-order chi connectivity index (χ1) is 7.01. The third kappa shape index (κ3) is 1.37. The molecule has 6 heteroatoms. The van der Waals surface area contributed by atoms with E-state index in [1.165, 1.54) is 13.8 Å². The molecule has 96 valence electrons. The molecule has 0 N–H and O–H groups in total. The summed E-state index contributed by atoms with van der Waals surface area (Å²) >= 11 is 0. The van der Waals surface area contributed by atoms with Crippen molar-refractivity contribution in [2.75, 3.05) is 0 Å². The van der Waals surface area contributed by atoms with Gasteiger partial charge in [-0.05, 0) is 17.8 Å². The molecule has 0 heterocycles. The van der Waals surface area contributed by atoms with Crippen LogP contribution in [0.15, 0.2) is 0 Å². The van der Waals surface area contributed by atoms with E-state index in [4.69, 9.17) is 0 Å². The van der Waals surface area contributed by atoms with Gasteiger partial charge in [0.15, 0.2) is 5.41 Å². The van der Waals surface area contributed by atoms with Gasteiger partial charge in [-0.3, -0.25) is 0 Å². The highest BCUT2D eigenvalue weighted by Crippen LogP contribution is 2.70. The molecule has 0 saturated heterocycles. The first-order valence-electron chi connectivity index (χ1n) is 5.15. The molecule has 0 aromatic carbocycles.